The van der Waals surface area contributed by atoms with E-state index in [0.29, 0.717) is 12.1 Å². The predicted molar refractivity (Wildman–Crippen MR) is 80.1 cm³/mol. The molecular weight excluding hydrogens is 322 g/mol. The van der Waals surface area contributed by atoms with Crippen LogP contribution in [0.2, 0.25) is 0 Å². The van der Waals surface area contributed by atoms with Gasteiger partial charge in [-0.2, -0.15) is 5.10 Å². The Morgan fingerprint density at radius 1 is 1.35 bits per heavy atom. The second kappa shape index (κ2) is 5.13. The number of methoxy groups -OCH3 is 1. The molecule has 5 nitrogen and oxygen atoms in total. The second-order valence-electron chi connectivity index (χ2n) is 4.38. The van der Waals surface area contributed by atoms with Crippen molar-refractivity contribution in [1.82, 2.24) is 14.8 Å². The number of halogens is 1. The molecule has 2 aromatic heterocycles. The predicted octanol–water partition coefficient (Wildman–Crippen LogP) is 2.54. The van der Waals surface area contributed by atoms with E-state index in [1.54, 1.807) is 19.5 Å². The number of hydrogen-bond acceptors (Lipinski definition) is 3. The molecule has 0 aliphatic carbocycles. The molecule has 0 aliphatic heterocycles. The van der Waals surface area contributed by atoms with Crippen LogP contribution in [0.4, 0.5) is 0 Å². The molecule has 0 saturated carbocycles. The molecule has 0 atom stereocenters. The first-order valence-corrected chi connectivity index (χ1v) is 6.84. The van der Waals surface area contributed by atoms with Crippen molar-refractivity contribution in [3.63, 3.8) is 0 Å². The molecule has 1 N–H and O–H groups in total. The summed E-state index contributed by atoms with van der Waals surface area (Å²) < 4.78 is 7.39. The Bertz CT molecular complexity index is 805. The van der Waals surface area contributed by atoms with Gasteiger partial charge in [-0.05, 0) is 33.6 Å². The van der Waals surface area contributed by atoms with Crippen molar-refractivity contribution in [2.24, 2.45) is 0 Å². The summed E-state index contributed by atoms with van der Waals surface area (Å²) in [5, 5.41) is 4.99. The summed E-state index contributed by atoms with van der Waals surface area (Å²) in [4.78, 5) is 15.3. The van der Waals surface area contributed by atoms with Crippen LogP contribution in [-0.2, 0) is 6.54 Å². The average molecular weight is 334 g/mol. The quantitative estimate of drug-likeness (QED) is 0.801. The van der Waals surface area contributed by atoms with E-state index in [1.807, 2.05) is 24.3 Å². The van der Waals surface area contributed by atoms with Crippen LogP contribution in [-0.4, -0.2) is 21.9 Å². The third-order valence-electron chi connectivity index (χ3n) is 3.14. The van der Waals surface area contributed by atoms with Gasteiger partial charge in [0.05, 0.1) is 19.9 Å². The number of hydrogen-bond donors (Lipinski definition) is 1. The lowest BCUT2D eigenvalue weighted by molar-refractivity contribution is 0.414. The summed E-state index contributed by atoms with van der Waals surface area (Å²) in [6, 6.07) is 7.57. The topological polar surface area (TPSA) is 59.9 Å². The molecule has 0 spiro atoms. The number of benzene rings is 1. The van der Waals surface area contributed by atoms with E-state index in [1.165, 1.54) is 4.68 Å². The Balaban J connectivity index is 1.97. The summed E-state index contributed by atoms with van der Waals surface area (Å²) in [5.74, 6) is 0.790. The van der Waals surface area contributed by atoms with E-state index < -0.39 is 0 Å². The lowest BCUT2D eigenvalue weighted by Crippen LogP contribution is -2.23. The number of aromatic amines is 1. The SMILES string of the molecule is COc1ccc(Cn2ncc3c(Br)c[nH]c3c2=O)cc1. The Morgan fingerprint density at radius 3 is 2.80 bits per heavy atom. The van der Waals surface area contributed by atoms with E-state index >= 15 is 0 Å². The number of H-pyrrole nitrogens is 1. The van der Waals surface area contributed by atoms with Crippen LogP contribution in [0.15, 0.2) is 45.9 Å². The largest absolute Gasteiger partial charge is 0.497 e. The molecule has 3 aromatic rings. The standard InChI is InChI=1S/C14H12BrN3O2/c1-20-10-4-2-9(3-5-10)8-18-14(19)13-11(6-17-18)12(15)7-16-13/h2-7,16H,8H2,1H3. The third kappa shape index (κ3) is 2.22. The number of nitrogens with one attached hydrogen (secondary N) is 1. The van der Waals surface area contributed by atoms with Crippen LogP contribution in [0.3, 0.4) is 0 Å². The summed E-state index contributed by atoms with van der Waals surface area (Å²) in [6.45, 7) is 0.426. The minimum atomic E-state index is -0.135. The highest BCUT2D eigenvalue weighted by Gasteiger charge is 2.08. The fourth-order valence-electron chi connectivity index (χ4n) is 2.04. The summed E-state index contributed by atoms with van der Waals surface area (Å²) >= 11 is 3.37. The Hall–Kier alpha value is -2.08. The van der Waals surface area contributed by atoms with Gasteiger partial charge in [0.1, 0.15) is 11.3 Å². The molecule has 102 valence electrons. The highest BCUT2D eigenvalue weighted by molar-refractivity contribution is 9.10. The molecule has 0 amide bonds. The highest BCUT2D eigenvalue weighted by Crippen LogP contribution is 2.19. The molecular formula is C14H12BrN3O2. The summed E-state index contributed by atoms with van der Waals surface area (Å²) in [5.41, 5.74) is 1.41. The number of nitrogens with zero attached hydrogens (tertiary/aromatic N) is 2. The molecule has 0 fully saturated rings. The van der Waals surface area contributed by atoms with Crippen LogP contribution in [0.5, 0.6) is 5.75 Å². The highest BCUT2D eigenvalue weighted by atomic mass is 79.9. The molecule has 0 radical (unpaired) electrons. The third-order valence-corrected chi connectivity index (χ3v) is 3.79. The van der Waals surface area contributed by atoms with Crippen molar-refractivity contribution in [3.8, 4) is 5.75 Å². The van der Waals surface area contributed by atoms with Crippen molar-refractivity contribution in [2.45, 2.75) is 6.54 Å². The maximum Gasteiger partial charge on any atom is 0.291 e. The molecule has 0 unspecified atom stereocenters. The second-order valence-corrected chi connectivity index (χ2v) is 5.24. The maximum atomic E-state index is 12.3. The zero-order valence-corrected chi connectivity index (χ0v) is 12.3. The average Bonchev–Trinajstić information content (AvgIpc) is 2.85. The van der Waals surface area contributed by atoms with E-state index in [9.17, 15) is 4.79 Å². The Labute approximate surface area is 123 Å². The van der Waals surface area contributed by atoms with Crippen molar-refractivity contribution in [2.75, 3.05) is 7.11 Å². The smallest absolute Gasteiger partial charge is 0.291 e. The van der Waals surface area contributed by atoms with Crippen LogP contribution in [0.25, 0.3) is 10.9 Å². The van der Waals surface area contributed by atoms with Gasteiger partial charge in [-0.3, -0.25) is 4.79 Å². The van der Waals surface area contributed by atoms with Gasteiger partial charge >= 0.3 is 0 Å². The van der Waals surface area contributed by atoms with Gasteiger partial charge in [0.25, 0.3) is 5.56 Å². The normalized spacial score (nSPS) is 10.9. The molecule has 2 heterocycles. The minimum absolute atomic E-state index is 0.135. The fourth-order valence-corrected chi connectivity index (χ4v) is 2.45. The van der Waals surface area contributed by atoms with Crippen LogP contribution in [0.1, 0.15) is 5.56 Å². The lowest BCUT2D eigenvalue weighted by atomic mass is 10.2. The van der Waals surface area contributed by atoms with E-state index in [4.69, 9.17) is 4.74 Å². The van der Waals surface area contributed by atoms with E-state index in [-0.39, 0.29) is 5.56 Å². The first kappa shape index (κ1) is 12.9. The van der Waals surface area contributed by atoms with Crippen molar-refractivity contribution in [1.29, 1.82) is 0 Å². The van der Waals surface area contributed by atoms with E-state index in [2.05, 4.69) is 26.0 Å². The van der Waals surface area contributed by atoms with Crippen molar-refractivity contribution < 1.29 is 4.74 Å². The van der Waals surface area contributed by atoms with Gasteiger partial charge in [-0.25, -0.2) is 4.68 Å². The van der Waals surface area contributed by atoms with Gasteiger partial charge in [0.2, 0.25) is 0 Å². The van der Waals surface area contributed by atoms with Gasteiger partial charge in [-0.1, -0.05) is 12.1 Å². The van der Waals surface area contributed by atoms with Crippen molar-refractivity contribution >= 4 is 26.8 Å². The molecule has 6 heteroatoms. The minimum Gasteiger partial charge on any atom is -0.497 e. The molecule has 3 rings (SSSR count). The zero-order chi connectivity index (χ0) is 14.1. The number of aromatic nitrogens is 3. The first-order valence-electron chi connectivity index (χ1n) is 6.04. The molecule has 0 saturated heterocycles. The lowest BCUT2D eigenvalue weighted by Gasteiger charge is -2.06. The van der Waals surface area contributed by atoms with Gasteiger partial charge < -0.3 is 9.72 Å². The Kier molecular flexibility index (Phi) is 3.31. The monoisotopic (exact) mass is 333 g/mol. The van der Waals surface area contributed by atoms with Gasteiger partial charge in [0, 0.05) is 16.1 Å². The molecule has 0 bridgehead atoms. The zero-order valence-electron chi connectivity index (χ0n) is 10.8. The maximum absolute atomic E-state index is 12.3. The van der Waals surface area contributed by atoms with Crippen LogP contribution in [0, 0.1) is 0 Å². The number of rotatable bonds is 3. The number of fused-ring (bicyclic) bond motifs is 1. The number of ether oxygens (including phenoxy) is 1. The van der Waals surface area contributed by atoms with E-state index in [0.717, 1.165) is 21.2 Å². The van der Waals surface area contributed by atoms with Gasteiger partial charge in [-0.15, -0.1) is 0 Å². The van der Waals surface area contributed by atoms with Crippen molar-refractivity contribution in [3.05, 3.63) is 57.0 Å². The molecule has 1 aromatic carbocycles. The first-order chi connectivity index (χ1) is 9.69. The molecule has 20 heavy (non-hydrogen) atoms. The fraction of sp³-hybridized carbons (Fsp3) is 0.143. The summed E-state index contributed by atoms with van der Waals surface area (Å²) in [7, 11) is 1.62. The van der Waals surface area contributed by atoms with Gasteiger partial charge in [0.15, 0.2) is 0 Å². The Morgan fingerprint density at radius 2 is 2.10 bits per heavy atom. The van der Waals surface area contributed by atoms with Crippen LogP contribution < -0.4 is 10.3 Å². The van der Waals surface area contributed by atoms with Crippen LogP contribution >= 0.6 is 15.9 Å². The summed E-state index contributed by atoms with van der Waals surface area (Å²) in [6.07, 6.45) is 3.42. The molecule has 0 aliphatic rings.